The van der Waals surface area contributed by atoms with Crippen molar-refractivity contribution in [3.8, 4) is 0 Å². The Kier molecular flexibility index (Phi) is 2.80. The minimum Gasteiger partial charge on any atom is -0.291 e. The molecule has 0 saturated heterocycles. The number of para-hydroxylation sites is 1. The van der Waals surface area contributed by atoms with E-state index in [0.29, 0.717) is 12.0 Å². The van der Waals surface area contributed by atoms with Crippen molar-refractivity contribution in [3.05, 3.63) is 65.7 Å². The van der Waals surface area contributed by atoms with E-state index in [4.69, 9.17) is 11.6 Å². The molecule has 0 spiro atoms. The minimum absolute atomic E-state index is 0.0412. The Bertz CT molecular complexity index is 582. The lowest BCUT2D eigenvalue weighted by Crippen LogP contribution is -2.34. The minimum atomic E-state index is -0.296. The van der Waals surface area contributed by atoms with Gasteiger partial charge >= 0.3 is 0 Å². The second kappa shape index (κ2) is 4.46. The first kappa shape index (κ1) is 11.3. The summed E-state index contributed by atoms with van der Waals surface area (Å²) in [5, 5.41) is 0. The normalized spacial score (nSPS) is 17.6. The van der Waals surface area contributed by atoms with Gasteiger partial charge in [0.2, 0.25) is 0 Å². The zero-order valence-corrected chi connectivity index (χ0v) is 10.5. The van der Waals surface area contributed by atoms with Crippen LogP contribution in [0.2, 0.25) is 0 Å². The summed E-state index contributed by atoms with van der Waals surface area (Å²) < 4.78 is 0. The second-order valence-electron chi connectivity index (χ2n) is 4.31. The number of nitrogens with zero attached hydrogens (tertiary/aromatic N) is 1. The molecule has 0 saturated carbocycles. The van der Waals surface area contributed by atoms with Crippen LogP contribution in [0.5, 0.6) is 0 Å². The Labute approximate surface area is 111 Å². The molecule has 0 N–H and O–H groups in total. The largest absolute Gasteiger partial charge is 0.291 e. The maximum Gasteiger partial charge on any atom is 0.259 e. The molecular weight excluding hydrogens is 246 g/mol. The van der Waals surface area contributed by atoms with Gasteiger partial charge in [0.15, 0.2) is 0 Å². The number of carbonyl (C=O) groups excluding carboxylic acids is 1. The summed E-state index contributed by atoms with van der Waals surface area (Å²) in [4.78, 5) is 14.1. The molecule has 1 aliphatic heterocycles. The Balaban J connectivity index is 2.00. The number of halogens is 1. The highest BCUT2D eigenvalue weighted by molar-refractivity contribution is 6.26. The van der Waals surface area contributed by atoms with Gasteiger partial charge in [0.1, 0.15) is 5.50 Å². The van der Waals surface area contributed by atoms with E-state index in [2.05, 4.69) is 0 Å². The highest BCUT2D eigenvalue weighted by Gasteiger charge is 2.32. The molecule has 0 fully saturated rings. The van der Waals surface area contributed by atoms with Crippen LogP contribution < -0.4 is 4.90 Å². The van der Waals surface area contributed by atoms with E-state index < -0.39 is 0 Å². The first-order chi connectivity index (χ1) is 8.77. The lowest BCUT2D eigenvalue weighted by Gasteiger charge is -2.21. The zero-order valence-electron chi connectivity index (χ0n) is 9.71. The molecule has 0 aliphatic carbocycles. The molecule has 3 heteroatoms. The molecule has 0 radical (unpaired) electrons. The van der Waals surface area contributed by atoms with Crippen molar-refractivity contribution < 1.29 is 4.79 Å². The summed E-state index contributed by atoms with van der Waals surface area (Å²) in [7, 11) is 0. The van der Waals surface area contributed by atoms with Crippen LogP contribution in [0.25, 0.3) is 0 Å². The number of hydrogen-bond donors (Lipinski definition) is 0. The monoisotopic (exact) mass is 257 g/mol. The van der Waals surface area contributed by atoms with Gasteiger partial charge in [0.05, 0.1) is 0 Å². The van der Waals surface area contributed by atoms with Crippen LogP contribution in [0.15, 0.2) is 54.6 Å². The molecule has 1 heterocycles. The third-order valence-corrected chi connectivity index (χ3v) is 3.51. The van der Waals surface area contributed by atoms with Crippen LogP contribution in [-0.2, 0) is 6.42 Å². The molecule has 2 aromatic rings. The van der Waals surface area contributed by atoms with Crippen LogP contribution in [-0.4, -0.2) is 11.4 Å². The van der Waals surface area contributed by atoms with Gasteiger partial charge in [-0.1, -0.05) is 48.0 Å². The summed E-state index contributed by atoms with van der Waals surface area (Å²) in [6, 6.07) is 17.1. The van der Waals surface area contributed by atoms with Gasteiger partial charge in [-0.05, 0) is 23.8 Å². The molecule has 90 valence electrons. The van der Waals surface area contributed by atoms with E-state index in [1.54, 1.807) is 4.90 Å². The van der Waals surface area contributed by atoms with Crippen molar-refractivity contribution in [2.75, 3.05) is 4.90 Å². The maximum atomic E-state index is 12.5. The van der Waals surface area contributed by atoms with Gasteiger partial charge in [0.25, 0.3) is 5.91 Å². The van der Waals surface area contributed by atoms with Crippen LogP contribution in [0, 0.1) is 0 Å². The van der Waals surface area contributed by atoms with Gasteiger partial charge in [0, 0.05) is 17.7 Å². The fourth-order valence-corrected chi connectivity index (χ4v) is 2.66. The van der Waals surface area contributed by atoms with E-state index in [1.807, 2.05) is 54.6 Å². The quantitative estimate of drug-likeness (QED) is 0.566. The van der Waals surface area contributed by atoms with Gasteiger partial charge in [-0.15, -0.1) is 0 Å². The molecule has 1 aliphatic rings. The summed E-state index contributed by atoms with van der Waals surface area (Å²) in [5.41, 5.74) is 2.42. The molecule has 1 amide bonds. The van der Waals surface area contributed by atoms with Crippen LogP contribution >= 0.6 is 11.6 Å². The first-order valence-electron chi connectivity index (χ1n) is 5.88. The SMILES string of the molecule is O=C(c1ccccc1)N1c2ccccc2CC1Cl. The van der Waals surface area contributed by atoms with E-state index in [0.717, 1.165) is 11.3 Å². The first-order valence-corrected chi connectivity index (χ1v) is 6.31. The number of hydrogen-bond acceptors (Lipinski definition) is 1. The predicted molar refractivity (Wildman–Crippen MR) is 73.0 cm³/mol. The lowest BCUT2D eigenvalue weighted by atomic mass is 10.1. The average Bonchev–Trinajstić information content (AvgIpc) is 2.75. The zero-order chi connectivity index (χ0) is 12.5. The van der Waals surface area contributed by atoms with Crippen molar-refractivity contribution in [3.63, 3.8) is 0 Å². The summed E-state index contributed by atoms with van der Waals surface area (Å²) in [5.74, 6) is -0.0412. The van der Waals surface area contributed by atoms with Gasteiger partial charge in [-0.25, -0.2) is 0 Å². The van der Waals surface area contributed by atoms with Gasteiger partial charge in [-0.2, -0.15) is 0 Å². The standard InChI is InChI=1S/C15H12ClNO/c16-14-10-12-8-4-5-9-13(12)17(14)15(18)11-6-2-1-3-7-11/h1-9,14H,10H2. The highest BCUT2D eigenvalue weighted by Crippen LogP contribution is 2.34. The van der Waals surface area contributed by atoms with Crippen molar-refractivity contribution in [1.82, 2.24) is 0 Å². The predicted octanol–water partition coefficient (Wildman–Crippen LogP) is 3.45. The van der Waals surface area contributed by atoms with Crippen molar-refractivity contribution in [1.29, 1.82) is 0 Å². The number of carbonyl (C=O) groups is 1. The molecule has 0 bridgehead atoms. The summed E-state index contributed by atoms with van der Waals surface area (Å²) in [6.45, 7) is 0. The van der Waals surface area contributed by atoms with Crippen molar-refractivity contribution in [2.45, 2.75) is 11.9 Å². The number of alkyl halides is 1. The van der Waals surface area contributed by atoms with E-state index >= 15 is 0 Å². The van der Waals surface area contributed by atoms with E-state index in [9.17, 15) is 4.79 Å². The fourth-order valence-electron chi connectivity index (χ4n) is 2.30. The van der Waals surface area contributed by atoms with E-state index in [-0.39, 0.29) is 11.4 Å². The number of benzene rings is 2. The Morgan fingerprint density at radius 1 is 1.06 bits per heavy atom. The maximum absolute atomic E-state index is 12.5. The number of amides is 1. The smallest absolute Gasteiger partial charge is 0.259 e. The highest BCUT2D eigenvalue weighted by atomic mass is 35.5. The fraction of sp³-hybridized carbons (Fsp3) is 0.133. The Morgan fingerprint density at radius 3 is 2.50 bits per heavy atom. The Morgan fingerprint density at radius 2 is 1.72 bits per heavy atom. The molecule has 3 rings (SSSR count). The molecular formula is C15H12ClNO. The van der Waals surface area contributed by atoms with E-state index in [1.165, 1.54) is 0 Å². The van der Waals surface area contributed by atoms with Crippen molar-refractivity contribution >= 4 is 23.2 Å². The van der Waals surface area contributed by atoms with Gasteiger partial charge in [-0.3, -0.25) is 9.69 Å². The Hall–Kier alpha value is -1.80. The lowest BCUT2D eigenvalue weighted by molar-refractivity contribution is 0.0986. The van der Waals surface area contributed by atoms with Gasteiger partial charge < -0.3 is 0 Å². The molecule has 2 aromatic carbocycles. The number of fused-ring (bicyclic) bond motifs is 1. The topological polar surface area (TPSA) is 20.3 Å². The summed E-state index contributed by atoms with van der Waals surface area (Å²) in [6.07, 6.45) is 0.705. The third-order valence-electron chi connectivity index (χ3n) is 3.16. The number of anilines is 1. The van der Waals surface area contributed by atoms with Crippen LogP contribution in [0.1, 0.15) is 15.9 Å². The third kappa shape index (κ3) is 1.79. The molecule has 0 aromatic heterocycles. The summed E-state index contributed by atoms with van der Waals surface area (Å²) >= 11 is 6.29. The second-order valence-corrected chi connectivity index (χ2v) is 4.81. The van der Waals surface area contributed by atoms with Crippen molar-refractivity contribution in [2.24, 2.45) is 0 Å². The molecule has 1 atom stereocenters. The molecule has 2 nitrogen and oxygen atoms in total. The molecule has 18 heavy (non-hydrogen) atoms. The average molecular weight is 258 g/mol. The number of rotatable bonds is 1. The van der Waals surface area contributed by atoms with Crippen LogP contribution in [0.3, 0.4) is 0 Å². The van der Waals surface area contributed by atoms with Crippen LogP contribution in [0.4, 0.5) is 5.69 Å². The molecule has 1 unspecified atom stereocenters.